The number of carboxylic acids is 1. The summed E-state index contributed by atoms with van der Waals surface area (Å²) in [5.41, 5.74) is 1.16. The Kier molecular flexibility index (Phi) is 2.98. The standard InChI is InChI=1S/C12H15N3O2S/c1-12(2,3)9-8(11(16)17)18-10(14-9)7-5-6-13-15(7)4/h5-6H,1-4H3,(H,16,17). The maximum Gasteiger partial charge on any atom is 0.347 e. The molecule has 2 aromatic rings. The van der Waals surface area contributed by atoms with Crippen molar-refractivity contribution in [2.45, 2.75) is 26.2 Å². The van der Waals surface area contributed by atoms with Crippen molar-refractivity contribution in [3.8, 4) is 10.7 Å². The number of aromatic nitrogens is 3. The summed E-state index contributed by atoms with van der Waals surface area (Å²) in [5, 5.41) is 14.0. The lowest BCUT2D eigenvalue weighted by atomic mass is 9.91. The van der Waals surface area contributed by atoms with Crippen LogP contribution in [0.5, 0.6) is 0 Å². The van der Waals surface area contributed by atoms with Crippen LogP contribution in [0.2, 0.25) is 0 Å². The van der Waals surface area contributed by atoms with Gasteiger partial charge in [0.2, 0.25) is 0 Å². The molecule has 0 fully saturated rings. The van der Waals surface area contributed by atoms with Crippen molar-refractivity contribution in [2.75, 3.05) is 0 Å². The van der Waals surface area contributed by atoms with E-state index in [1.165, 1.54) is 11.3 Å². The van der Waals surface area contributed by atoms with E-state index in [0.717, 1.165) is 5.69 Å². The van der Waals surface area contributed by atoms with Gasteiger partial charge in [0.15, 0.2) is 0 Å². The number of aromatic carboxylic acids is 1. The number of carboxylic acid groups (broad SMARTS) is 1. The average molecular weight is 265 g/mol. The fraction of sp³-hybridized carbons (Fsp3) is 0.417. The summed E-state index contributed by atoms with van der Waals surface area (Å²) in [4.78, 5) is 16.1. The van der Waals surface area contributed by atoms with E-state index in [9.17, 15) is 9.90 Å². The maximum atomic E-state index is 11.3. The molecule has 0 saturated carbocycles. The Bertz CT molecular complexity index is 593. The number of aryl methyl sites for hydroxylation is 1. The molecule has 0 unspecified atom stereocenters. The van der Waals surface area contributed by atoms with E-state index in [4.69, 9.17) is 0 Å². The van der Waals surface area contributed by atoms with E-state index < -0.39 is 5.97 Å². The minimum Gasteiger partial charge on any atom is -0.477 e. The highest BCUT2D eigenvalue weighted by molar-refractivity contribution is 7.17. The van der Waals surface area contributed by atoms with E-state index in [-0.39, 0.29) is 5.41 Å². The van der Waals surface area contributed by atoms with Crippen LogP contribution in [0.25, 0.3) is 10.7 Å². The van der Waals surface area contributed by atoms with Crippen LogP contribution in [-0.2, 0) is 12.5 Å². The van der Waals surface area contributed by atoms with E-state index in [0.29, 0.717) is 15.6 Å². The highest BCUT2D eigenvalue weighted by atomic mass is 32.1. The second-order valence-corrected chi connectivity index (χ2v) is 6.09. The van der Waals surface area contributed by atoms with Crippen molar-refractivity contribution in [2.24, 2.45) is 7.05 Å². The molecule has 0 aliphatic heterocycles. The van der Waals surface area contributed by atoms with Gasteiger partial charge >= 0.3 is 5.97 Å². The monoisotopic (exact) mass is 265 g/mol. The van der Waals surface area contributed by atoms with E-state index in [2.05, 4.69) is 10.1 Å². The Morgan fingerprint density at radius 3 is 2.50 bits per heavy atom. The molecule has 0 radical (unpaired) electrons. The summed E-state index contributed by atoms with van der Waals surface area (Å²) in [6, 6.07) is 1.83. The predicted octanol–water partition coefficient (Wildman–Crippen LogP) is 2.54. The Labute approximate surface area is 109 Å². The van der Waals surface area contributed by atoms with Gasteiger partial charge in [-0.1, -0.05) is 20.8 Å². The third-order valence-electron chi connectivity index (χ3n) is 2.57. The molecule has 0 spiro atoms. The van der Waals surface area contributed by atoms with Gasteiger partial charge in [-0.05, 0) is 6.07 Å². The zero-order valence-corrected chi connectivity index (χ0v) is 11.6. The minimum absolute atomic E-state index is 0.291. The van der Waals surface area contributed by atoms with Gasteiger partial charge in [0.25, 0.3) is 0 Å². The summed E-state index contributed by atoms with van der Waals surface area (Å²) in [6.07, 6.45) is 1.67. The molecule has 96 valence electrons. The van der Waals surface area contributed by atoms with Gasteiger partial charge in [-0.2, -0.15) is 5.10 Å². The minimum atomic E-state index is -0.925. The molecule has 0 saturated heterocycles. The summed E-state index contributed by atoms with van der Waals surface area (Å²) >= 11 is 1.19. The van der Waals surface area contributed by atoms with Gasteiger partial charge in [0, 0.05) is 18.7 Å². The second-order valence-electron chi connectivity index (χ2n) is 5.09. The highest BCUT2D eigenvalue weighted by Crippen LogP contribution is 2.34. The second kappa shape index (κ2) is 4.20. The maximum absolute atomic E-state index is 11.3. The summed E-state index contributed by atoms with van der Waals surface area (Å²) < 4.78 is 1.69. The zero-order chi connectivity index (χ0) is 13.5. The van der Waals surface area contributed by atoms with Gasteiger partial charge in [0.05, 0.1) is 11.4 Å². The zero-order valence-electron chi connectivity index (χ0n) is 10.8. The first-order valence-corrected chi connectivity index (χ1v) is 6.35. The van der Waals surface area contributed by atoms with Crippen LogP contribution in [0.15, 0.2) is 12.3 Å². The first-order chi connectivity index (χ1) is 8.30. The molecule has 0 amide bonds. The van der Waals surface area contributed by atoms with Crippen molar-refractivity contribution in [1.82, 2.24) is 14.8 Å². The van der Waals surface area contributed by atoms with Crippen LogP contribution in [0, 0.1) is 0 Å². The largest absolute Gasteiger partial charge is 0.477 e. The highest BCUT2D eigenvalue weighted by Gasteiger charge is 2.27. The molecule has 1 N–H and O–H groups in total. The number of carbonyl (C=O) groups is 1. The van der Waals surface area contributed by atoms with Gasteiger partial charge < -0.3 is 5.11 Å². The number of thiazole rings is 1. The van der Waals surface area contributed by atoms with E-state index >= 15 is 0 Å². The lowest BCUT2D eigenvalue weighted by Gasteiger charge is -2.15. The number of hydrogen-bond donors (Lipinski definition) is 1. The van der Waals surface area contributed by atoms with E-state index in [1.807, 2.05) is 33.9 Å². The topological polar surface area (TPSA) is 68.0 Å². The predicted molar refractivity (Wildman–Crippen MR) is 70.0 cm³/mol. The quantitative estimate of drug-likeness (QED) is 0.906. The molecule has 0 atom stereocenters. The normalized spacial score (nSPS) is 11.8. The fourth-order valence-corrected chi connectivity index (χ4v) is 2.84. The molecule has 6 heteroatoms. The average Bonchev–Trinajstić information content (AvgIpc) is 2.81. The molecule has 0 bridgehead atoms. The van der Waals surface area contributed by atoms with Crippen molar-refractivity contribution in [3.05, 3.63) is 22.8 Å². The van der Waals surface area contributed by atoms with Crippen molar-refractivity contribution in [1.29, 1.82) is 0 Å². The Balaban J connectivity index is 2.60. The van der Waals surface area contributed by atoms with Crippen LogP contribution < -0.4 is 0 Å². The Morgan fingerprint density at radius 1 is 1.44 bits per heavy atom. The molecule has 0 aromatic carbocycles. The summed E-state index contributed by atoms with van der Waals surface area (Å²) in [6.45, 7) is 5.88. The third kappa shape index (κ3) is 2.15. The van der Waals surface area contributed by atoms with Crippen LogP contribution in [-0.4, -0.2) is 25.8 Å². The first kappa shape index (κ1) is 12.8. The van der Waals surface area contributed by atoms with Crippen LogP contribution in [0.3, 0.4) is 0 Å². The SMILES string of the molecule is Cn1nccc1-c1nc(C(C)(C)C)c(C(=O)O)s1. The number of hydrogen-bond acceptors (Lipinski definition) is 4. The Hall–Kier alpha value is -1.69. The van der Waals surface area contributed by atoms with Gasteiger partial charge in [-0.3, -0.25) is 4.68 Å². The molecule has 2 heterocycles. The smallest absolute Gasteiger partial charge is 0.347 e. The van der Waals surface area contributed by atoms with Gasteiger partial charge in [-0.15, -0.1) is 11.3 Å². The number of nitrogens with zero attached hydrogens (tertiary/aromatic N) is 3. The van der Waals surface area contributed by atoms with Crippen molar-refractivity contribution < 1.29 is 9.90 Å². The molecule has 2 aromatic heterocycles. The lowest BCUT2D eigenvalue weighted by Crippen LogP contribution is -2.16. The van der Waals surface area contributed by atoms with Gasteiger partial charge in [-0.25, -0.2) is 9.78 Å². The van der Waals surface area contributed by atoms with E-state index in [1.54, 1.807) is 10.9 Å². The third-order valence-corrected chi connectivity index (χ3v) is 3.64. The number of rotatable bonds is 2. The van der Waals surface area contributed by atoms with Crippen molar-refractivity contribution >= 4 is 17.3 Å². The van der Waals surface area contributed by atoms with Crippen LogP contribution in [0.4, 0.5) is 0 Å². The molecule has 0 aliphatic carbocycles. The Morgan fingerprint density at radius 2 is 2.11 bits per heavy atom. The lowest BCUT2D eigenvalue weighted by molar-refractivity contribution is 0.0699. The first-order valence-electron chi connectivity index (χ1n) is 5.53. The summed E-state index contributed by atoms with van der Waals surface area (Å²) in [5.74, 6) is -0.925. The molecule has 0 aliphatic rings. The molecular weight excluding hydrogens is 250 g/mol. The fourth-order valence-electron chi connectivity index (χ4n) is 1.67. The molecule has 5 nitrogen and oxygen atoms in total. The van der Waals surface area contributed by atoms with Crippen LogP contribution >= 0.6 is 11.3 Å². The van der Waals surface area contributed by atoms with Gasteiger partial charge in [0.1, 0.15) is 9.88 Å². The molecular formula is C12H15N3O2S. The summed E-state index contributed by atoms with van der Waals surface area (Å²) in [7, 11) is 1.81. The van der Waals surface area contributed by atoms with Crippen molar-refractivity contribution in [3.63, 3.8) is 0 Å². The molecule has 18 heavy (non-hydrogen) atoms. The molecule has 2 rings (SSSR count). The van der Waals surface area contributed by atoms with Crippen LogP contribution in [0.1, 0.15) is 36.1 Å².